The number of carbonyl (C=O) groups excluding carboxylic acids is 1. The van der Waals surface area contributed by atoms with Crippen molar-refractivity contribution in [2.45, 2.75) is 0 Å². The summed E-state index contributed by atoms with van der Waals surface area (Å²) in [4.78, 5) is 12.3. The molecule has 0 spiro atoms. The fraction of sp³-hybridized carbons (Fsp3) is 0. The molecule has 2 aromatic rings. The topological polar surface area (TPSA) is 43.1 Å². The Bertz CT molecular complexity index is 628. The molecule has 0 aliphatic rings. The van der Waals surface area contributed by atoms with Gasteiger partial charge in [-0.05, 0) is 52.3 Å². The van der Waals surface area contributed by atoms with Gasteiger partial charge in [-0.3, -0.25) is 4.79 Å². The highest BCUT2D eigenvalue weighted by Crippen LogP contribution is 2.27. The quantitative estimate of drug-likeness (QED) is 0.640. The zero-order valence-electron chi connectivity index (χ0n) is 9.08. The zero-order chi connectivity index (χ0) is 13.3. The van der Waals surface area contributed by atoms with Gasteiger partial charge in [0.2, 0.25) is 0 Å². The zero-order valence-corrected chi connectivity index (χ0v) is 12.2. The third-order valence-electron chi connectivity index (χ3n) is 2.41. The normalized spacial score (nSPS) is 10.4. The molecule has 0 aliphatic heterocycles. The maximum Gasteiger partial charge on any atom is 0.195 e. The van der Waals surface area contributed by atoms with Crippen molar-refractivity contribution >= 4 is 50.6 Å². The van der Waals surface area contributed by atoms with Crippen LogP contribution in [0.4, 0.5) is 5.69 Å². The van der Waals surface area contributed by atoms with Crippen molar-refractivity contribution in [1.82, 2.24) is 0 Å². The molecule has 0 atom stereocenters. The number of benzene rings is 2. The molecule has 2 N–H and O–H groups in total. The number of anilines is 1. The third kappa shape index (κ3) is 2.69. The van der Waals surface area contributed by atoms with Crippen molar-refractivity contribution < 1.29 is 4.79 Å². The first-order chi connectivity index (χ1) is 8.49. The summed E-state index contributed by atoms with van der Waals surface area (Å²) in [5.41, 5.74) is 7.08. The second kappa shape index (κ2) is 5.31. The van der Waals surface area contributed by atoms with E-state index in [1.54, 1.807) is 36.4 Å². The van der Waals surface area contributed by atoms with Crippen molar-refractivity contribution in [3.05, 3.63) is 62.0 Å². The fourth-order valence-corrected chi connectivity index (χ4v) is 2.48. The predicted molar refractivity (Wildman–Crippen MR) is 78.4 cm³/mol. The van der Waals surface area contributed by atoms with Gasteiger partial charge in [0.1, 0.15) is 0 Å². The number of nitrogen functional groups attached to an aromatic ring is 1. The summed E-state index contributed by atoms with van der Waals surface area (Å²) in [6, 6.07) is 9.77. The molecule has 0 fully saturated rings. The Labute approximate surface area is 123 Å². The summed E-state index contributed by atoms with van der Waals surface area (Å²) >= 11 is 15.2. The molecule has 5 heteroatoms. The number of halogens is 3. The lowest BCUT2D eigenvalue weighted by Crippen LogP contribution is -2.03. The summed E-state index contributed by atoms with van der Waals surface area (Å²) in [6.45, 7) is 0. The minimum atomic E-state index is -0.200. The summed E-state index contributed by atoms with van der Waals surface area (Å²) in [6.07, 6.45) is 0. The van der Waals surface area contributed by atoms with Crippen molar-refractivity contribution in [2.24, 2.45) is 0 Å². The van der Waals surface area contributed by atoms with Crippen LogP contribution in [0.5, 0.6) is 0 Å². The molecule has 92 valence electrons. The molecule has 0 aromatic heterocycles. The lowest BCUT2D eigenvalue weighted by atomic mass is 10.0. The maximum absolute atomic E-state index is 12.3. The molecular weight excluding hydrogens is 337 g/mol. The van der Waals surface area contributed by atoms with E-state index in [2.05, 4.69) is 15.9 Å². The monoisotopic (exact) mass is 343 g/mol. The molecule has 2 aromatic carbocycles. The van der Waals surface area contributed by atoms with Crippen LogP contribution in [0.2, 0.25) is 10.0 Å². The Morgan fingerprint density at radius 2 is 1.78 bits per heavy atom. The Hall–Kier alpha value is -1.03. The van der Waals surface area contributed by atoms with Crippen LogP contribution in [0.3, 0.4) is 0 Å². The summed E-state index contributed by atoms with van der Waals surface area (Å²) in [5, 5.41) is 0.836. The van der Waals surface area contributed by atoms with Crippen LogP contribution < -0.4 is 5.73 Å². The van der Waals surface area contributed by atoms with Gasteiger partial charge in [0.25, 0.3) is 0 Å². The van der Waals surface area contributed by atoms with E-state index in [9.17, 15) is 4.79 Å². The van der Waals surface area contributed by atoms with E-state index >= 15 is 0 Å². The molecule has 0 saturated heterocycles. The Morgan fingerprint density at radius 3 is 2.44 bits per heavy atom. The first kappa shape index (κ1) is 13.4. The second-order valence-corrected chi connectivity index (χ2v) is 5.39. The van der Waals surface area contributed by atoms with Crippen molar-refractivity contribution in [2.75, 3.05) is 5.73 Å². The summed E-state index contributed by atoms with van der Waals surface area (Å²) < 4.78 is 0.628. The number of carbonyl (C=O) groups is 1. The van der Waals surface area contributed by atoms with Gasteiger partial charge >= 0.3 is 0 Å². The van der Waals surface area contributed by atoms with Gasteiger partial charge < -0.3 is 5.73 Å². The van der Waals surface area contributed by atoms with E-state index in [-0.39, 0.29) is 5.78 Å². The van der Waals surface area contributed by atoms with Gasteiger partial charge in [-0.1, -0.05) is 23.2 Å². The average Bonchev–Trinajstić information content (AvgIpc) is 2.31. The number of nitrogens with two attached hydrogens (primary N) is 1. The van der Waals surface area contributed by atoms with Crippen LogP contribution in [0.15, 0.2) is 40.9 Å². The number of hydrogen-bond donors (Lipinski definition) is 1. The van der Waals surface area contributed by atoms with E-state index in [1.807, 2.05) is 0 Å². The first-order valence-electron chi connectivity index (χ1n) is 5.04. The minimum Gasteiger partial charge on any atom is -0.399 e. The molecule has 2 rings (SSSR count). The number of ketones is 1. The second-order valence-electron chi connectivity index (χ2n) is 3.69. The third-order valence-corrected chi connectivity index (χ3v) is 3.63. The Kier molecular flexibility index (Phi) is 3.95. The van der Waals surface area contributed by atoms with E-state index in [0.717, 1.165) is 0 Å². The van der Waals surface area contributed by atoms with Gasteiger partial charge in [-0.15, -0.1) is 0 Å². The number of hydrogen-bond acceptors (Lipinski definition) is 2. The number of rotatable bonds is 2. The van der Waals surface area contributed by atoms with Gasteiger partial charge in [0, 0.05) is 26.3 Å². The smallest absolute Gasteiger partial charge is 0.195 e. The summed E-state index contributed by atoms with van der Waals surface area (Å²) in [5.74, 6) is -0.200. The van der Waals surface area contributed by atoms with Crippen LogP contribution in [-0.4, -0.2) is 5.78 Å². The van der Waals surface area contributed by atoms with Crippen LogP contribution in [0.25, 0.3) is 0 Å². The lowest BCUT2D eigenvalue weighted by molar-refractivity contribution is 0.103. The van der Waals surface area contributed by atoms with Gasteiger partial charge in [0.05, 0.1) is 5.02 Å². The molecule has 2 nitrogen and oxygen atoms in total. The minimum absolute atomic E-state index is 0.200. The van der Waals surface area contributed by atoms with Gasteiger partial charge in [-0.2, -0.15) is 0 Å². The highest BCUT2D eigenvalue weighted by atomic mass is 79.9. The summed E-state index contributed by atoms with van der Waals surface area (Å²) in [7, 11) is 0. The van der Waals surface area contributed by atoms with Crippen LogP contribution >= 0.6 is 39.1 Å². The average molecular weight is 345 g/mol. The van der Waals surface area contributed by atoms with E-state index < -0.39 is 0 Å². The first-order valence-corrected chi connectivity index (χ1v) is 6.58. The SMILES string of the molecule is Nc1ccc(C(=O)c2cc(Cl)ccc2Cl)c(Br)c1. The van der Waals surface area contributed by atoms with Crippen LogP contribution in [-0.2, 0) is 0 Å². The molecule has 0 saturated carbocycles. The van der Waals surface area contributed by atoms with Crippen molar-refractivity contribution in [3.63, 3.8) is 0 Å². The molecule has 0 aliphatic carbocycles. The molecule has 0 unspecified atom stereocenters. The standard InChI is InChI=1S/C13H8BrCl2NO/c14-11-6-8(17)2-3-9(11)13(18)10-5-7(15)1-4-12(10)16/h1-6H,17H2. The fourth-order valence-electron chi connectivity index (χ4n) is 1.53. The molecule has 0 bridgehead atoms. The van der Waals surface area contributed by atoms with Crippen molar-refractivity contribution in [3.8, 4) is 0 Å². The molecular formula is C13H8BrCl2NO. The molecule has 18 heavy (non-hydrogen) atoms. The van der Waals surface area contributed by atoms with Gasteiger partial charge in [0.15, 0.2) is 5.78 Å². The highest BCUT2D eigenvalue weighted by Gasteiger charge is 2.16. The largest absolute Gasteiger partial charge is 0.399 e. The Morgan fingerprint density at radius 1 is 1.06 bits per heavy atom. The molecule has 0 radical (unpaired) electrons. The molecule has 0 heterocycles. The van der Waals surface area contributed by atoms with E-state index in [4.69, 9.17) is 28.9 Å². The van der Waals surface area contributed by atoms with Gasteiger partial charge in [-0.25, -0.2) is 0 Å². The lowest BCUT2D eigenvalue weighted by Gasteiger charge is -2.07. The van der Waals surface area contributed by atoms with E-state index in [1.165, 1.54) is 0 Å². The Balaban J connectivity index is 2.51. The van der Waals surface area contributed by atoms with E-state index in [0.29, 0.717) is 31.3 Å². The molecule has 0 amide bonds. The van der Waals surface area contributed by atoms with Crippen molar-refractivity contribution in [1.29, 1.82) is 0 Å². The predicted octanol–water partition coefficient (Wildman–Crippen LogP) is 4.57. The van der Waals surface area contributed by atoms with Crippen LogP contribution in [0.1, 0.15) is 15.9 Å². The van der Waals surface area contributed by atoms with Crippen LogP contribution in [0, 0.1) is 0 Å². The highest BCUT2D eigenvalue weighted by molar-refractivity contribution is 9.10. The maximum atomic E-state index is 12.3.